The first-order valence-corrected chi connectivity index (χ1v) is 8.05. The van der Waals surface area contributed by atoms with Crippen LogP contribution in [0.15, 0.2) is 42.5 Å². The summed E-state index contributed by atoms with van der Waals surface area (Å²) in [7, 11) is 0. The molecule has 7 nitrogen and oxygen atoms in total. The van der Waals surface area contributed by atoms with E-state index < -0.39 is 43.2 Å². The summed E-state index contributed by atoms with van der Waals surface area (Å²) in [4.78, 5) is 11.5. The third kappa shape index (κ3) is 3.59. The number of carbonyl (C=O) groups excluding carboxylic acids is 1. The zero-order valence-electron chi connectivity index (χ0n) is 13.7. The lowest BCUT2D eigenvalue weighted by atomic mass is 9.96. The van der Waals surface area contributed by atoms with Gasteiger partial charge >= 0.3 is 0 Å². The number of benzene rings is 2. The van der Waals surface area contributed by atoms with E-state index in [0.29, 0.717) is 5.75 Å². The lowest BCUT2D eigenvalue weighted by molar-refractivity contribution is -0.249. The molecule has 1 saturated heterocycles. The number of nitrogens with one attached hydrogen (secondary N) is 1. The van der Waals surface area contributed by atoms with E-state index in [-0.39, 0.29) is 0 Å². The number of hydrogen-bond donors (Lipinski definition) is 4. The Hall–Kier alpha value is -2.19. The fourth-order valence-electron chi connectivity index (χ4n) is 3.06. The zero-order valence-corrected chi connectivity index (χ0v) is 13.7. The van der Waals surface area contributed by atoms with E-state index in [1.54, 1.807) is 6.07 Å². The number of aliphatic hydroxyl groups is 3. The van der Waals surface area contributed by atoms with Crippen molar-refractivity contribution < 1.29 is 29.6 Å². The highest BCUT2D eigenvalue weighted by atomic mass is 16.6. The molecule has 25 heavy (non-hydrogen) atoms. The zero-order chi connectivity index (χ0) is 18.0. The Bertz CT molecular complexity index is 746. The molecule has 5 unspecified atom stereocenters. The lowest BCUT2D eigenvalue weighted by Crippen LogP contribution is -2.65. The Balaban J connectivity index is 1.95. The SMILES string of the molecule is CC(=O)NC1C(O)OC(CO)C(O)C1Oc1cccc2ccccc12. The Labute approximate surface area is 144 Å². The van der Waals surface area contributed by atoms with Gasteiger partial charge in [-0.25, -0.2) is 0 Å². The Morgan fingerprint density at radius 3 is 2.64 bits per heavy atom. The molecule has 3 rings (SSSR count). The molecule has 0 radical (unpaired) electrons. The van der Waals surface area contributed by atoms with Crippen molar-refractivity contribution in [3.63, 3.8) is 0 Å². The van der Waals surface area contributed by atoms with Crippen molar-refractivity contribution in [3.8, 4) is 5.75 Å². The summed E-state index contributed by atoms with van der Waals surface area (Å²) >= 11 is 0. The quantitative estimate of drug-likeness (QED) is 0.628. The lowest BCUT2D eigenvalue weighted by Gasteiger charge is -2.42. The number of aliphatic hydroxyl groups excluding tert-OH is 3. The molecule has 1 aliphatic heterocycles. The molecular weight excluding hydrogens is 326 g/mol. The molecule has 2 aromatic carbocycles. The van der Waals surface area contributed by atoms with Gasteiger partial charge in [0.2, 0.25) is 5.91 Å². The molecule has 0 bridgehead atoms. The maximum atomic E-state index is 11.5. The van der Waals surface area contributed by atoms with Crippen molar-refractivity contribution in [1.29, 1.82) is 0 Å². The second-order valence-electron chi connectivity index (χ2n) is 6.02. The molecule has 1 heterocycles. The smallest absolute Gasteiger partial charge is 0.217 e. The van der Waals surface area contributed by atoms with Gasteiger partial charge in [-0.2, -0.15) is 0 Å². The first-order chi connectivity index (χ1) is 12.0. The topological polar surface area (TPSA) is 108 Å². The van der Waals surface area contributed by atoms with Crippen molar-refractivity contribution in [2.45, 2.75) is 37.6 Å². The first-order valence-electron chi connectivity index (χ1n) is 8.05. The average Bonchev–Trinajstić information content (AvgIpc) is 2.60. The van der Waals surface area contributed by atoms with E-state index >= 15 is 0 Å². The minimum Gasteiger partial charge on any atom is -0.485 e. The van der Waals surface area contributed by atoms with Crippen LogP contribution in [0.25, 0.3) is 10.8 Å². The van der Waals surface area contributed by atoms with Gasteiger partial charge in [0.25, 0.3) is 0 Å². The van der Waals surface area contributed by atoms with Crippen LogP contribution < -0.4 is 10.1 Å². The molecule has 2 aromatic rings. The molecule has 4 N–H and O–H groups in total. The van der Waals surface area contributed by atoms with Gasteiger partial charge in [-0.3, -0.25) is 4.79 Å². The fraction of sp³-hybridized carbons (Fsp3) is 0.389. The molecule has 0 spiro atoms. The Morgan fingerprint density at radius 1 is 1.20 bits per heavy atom. The first kappa shape index (κ1) is 17.6. The number of hydrogen-bond acceptors (Lipinski definition) is 6. The van der Waals surface area contributed by atoms with Gasteiger partial charge < -0.3 is 30.1 Å². The van der Waals surface area contributed by atoms with Gasteiger partial charge in [-0.05, 0) is 11.5 Å². The minimum atomic E-state index is -1.41. The third-order valence-electron chi connectivity index (χ3n) is 4.26. The third-order valence-corrected chi connectivity index (χ3v) is 4.26. The number of ether oxygens (including phenoxy) is 2. The summed E-state index contributed by atoms with van der Waals surface area (Å²) in [5.74, 6) is 0.108. The normalized spacial score (nSPS) is 29.4. The second-order valence-corrected chi connectivity index (χ2v) is 6.02. The standard InChI is InChI=1S/C18H21NO6/c1-10(21)19-15-17(16(22)14(9-20)25-18(15)23)24-13-8-4-6-11-5-2-3-7-12(11)13/h2-8,14-18,20,22-23H,9H2,1H3,(H,19,21). The maximum absolute atomic E-state index is 11.5. The van der Waals surface area contributed by atoms with E-state index in [1.165, 1.54) is 6.92 Å². The number of carbonyl (C=O) groups is 1. The number of amides is 1. The molecule has 5 atom stereocenters. The van der Waals surface area contributed by atoms with Crippen LogP contribution in [-0.4, -0.2) is 58.5 Å². The highest BCUT2D eigenvalue weighted by Crippen LogP contribution is 2.30. The molecule has 7 heteroatoms. The summed E-state index contributed by atoms with van der Waals surface area (Å²) in [6.07, 6.45) is -4.65. The Morgan fingerprint density at radius 2 is 1.92 bits per heavy atom. The number of rotatable bonds is 4. The van der Waals surface area contributed by atoms with Crippen LogP contribution in [0.1, 0.15) is 6.92 Å². The maximum Gasteiger partial charge on any atom is 0.217 e. The van der Waals surface area contributed by atoms with Gasteiger partial charge in [-0.15, -0.1) is 0 Å². The molecular formula is C18H21NO6. The summed E-state index contributed by atoms with van der Waals surface area (Å²) < 4.78 is 11.2. The van der Waals surface area contributed by atoms with Crippen LogP contribution in [0.4, 0.5) is 0 Å². The van der Waals surface area contributed by atoms with Gasteiger partial charge in [0.05, 0.1) is 6.61 Å². The molecule has 0 aromatic heterocycles. The van der Waals surface area contributed by atoms with Crippen molar-refractivity contribution in [2.75, 3.05) is 6.61 Å². The highest BCUT2D eigenvalue weighted by Gasteiger charge is 2.46. The summed E-state index contributed by atoms with van der Waals surface area (Å²) in [5, 5.41) is 34.3. The Kier molecular flexibility index (Phi) is 5.19. The van der Waals surface area contributed by atoms with Gasteiger partial charge in [0, 0.05) is 12.3 Å². The average molecular weight is 347 g/mol. The largest absolute Gasteiger partial charge is 0.485 e. The van der Waals surface area contributed by atoms with Gasteiger partial charge in [0.1, 0.15) is 24.0 Å². The fourth-order valence-corrected chi connectivity index (χ4v) is 3.06. The monoisotopic (exact) mass is 347 g/mol. The molecule has 0 aliphatic carbocycles. The molecule has 134 valence electrons. The van der Waals surface area contributed by atoms with Crippen molar-refractivity contribution in [1.82, 2.24) is 5.32 Å². The van der Waals surface area contributed by atoms with Crippen LogP contribution in [0.2, 0.25) is 0 Å². The molecule has 1 amide bonds. The highest BCUT2D eigenvalue weighted by molar-refractivity contribution is 5.88. The van der Waals surface area contributed by atoms with Crippen LogP contribution >= 0.6 is 0 Å². The molecule has 0 saturated carbocycles. The minimum absolute atomic E-state index is 0.395. The van der Waals surface area contributed by atoms with Crippen molar-refractivity contribution >= 4 is 16.7 Å². The van der Waals surface area contributed by atoms with E-state index in [9.17, 15) is 20.1 Å². The van der Waals surface area contributed by atoms with Crippen LogP contribution in [0.3, 0.4) is 0 Å². The van der Waals surface area contributed by atoms with E-state index in [2.05, 4.69) is 5.32 Å². The molecule has 1 aliphatic rings. The van der Waals surface area contributed by atoms with Crippen LogP contribution in [0, 0.1) is 0 Å². The van der Waals surface area contributed by atoms with E-state index in [1.807, 2.05) is 36.4 Å². The van der Waals surface area contributed by atoms with Crippen molar-refractivity contribution in [2.24, 2.45) is 0 Å². The van der Waals surface area contributed by atoms with Gasteiger partial charge in [0.15, 0.2) is 12.4 Å². The summed E-state index contributed by atoms with van der Waals surface area (Å²) in [5.41, 5.74) is 0. The van der Waals surface area contributed by atoms with Gasteiger partial charge in [-0.1, -0.05) is 36.4 Å². The van der Waals surface area contributed by atoms with E-state index in [0.717, 1.165) is 10.8 Å². The molecule has 1 fully saturated rings. The van der Waals surface area contributed by atoms with Crippen molar-refractivity contribution in [3.05, 3.63) is 42.5 Å². The predicted octanol–water partition coefficient (Wildman–Crippen LogP) is 0.162. The summed E-state index contributed by atoms with van der Waals surface area (Å²) in [6, 6.07) is 12.1. The second kappa shape index (κ2) is 7.37. The number of fused-ring (bicyclic) bond motifs is 1. The van der Waals surface area contributed by atoms with E-state index in [4.69, 9.17) is 9.47 Å². The van der Waals surface area contributed by atoms with Crippen LogP contribution in [-0.2, 0) is 9.53 Å². The van der Waals surface area contributed by atoms with Crippen LogP contribution in [0.5, 0.6) is 5.75 Å². The predicted molar refractivity (Wildman–Crippen MR) is 89.9 cm³/mol. The summed E-state index contributed by atoms with van der Waals surface area (Å²) in [6.45, 7) is 0.812.